The summed E-state index contributed by atoms with van der Waals surface area (Å²) in [6.07, 6.45) is 3.70. The van der Waals surface area contributed by atoms with Crippen molar-refractivity contribution in [2.24, 2.45) is 0 Å². The van der Waals surface area contributed by atoms with E-state index in [1.165, 1.54) is 39.3 Å². The van der Waals surface area contributed by atoms with Gasteiger partial charge >= 0.3 is 10.2 Å². The van der Waals surface area contributed by atoms with E-state index in [1.807, 2.05) is 26.0 Å². The second kappa shape index (κ2) is 9.53. The highest BCUT2D eigenvalue weighted by atomic mass is 32.2. The van der Waals surface area contributed by atoms with Crippen LogP contribution < -0.4 is 13.3 Å². The second-order valence-electron chi connectivity index (χ2n) is 10.1. The van der Waals surface area contributed by atoms with Crippen LogP contribution in [-0.2, 0) is 16.8 Å². The quantitative estimate of drug-likeness (QED) is 0.507. The summed E-state index contributed by atoms with van der Waals surface area (Å²) in [6, 6.07) is 11.1. The minimum atomic E-state index is -4.01. The zero-order chi connectivity index (χ0) is 26.4. The van der Waals surface area contributed by atoms with Crippen LogP contribution in [0.3, 0.4) is 0 Å². The lowest BCUT2D eigenvalue weighted by Crippen LogP contribution is -2.57. The Balaban J connectivity index is 1.44. The van der Waals surface area contributed by atoms with Gasteiger partial charge in [0, 0.05) is 19.1 Å². The molecule has 2 aliphatic heterocycles. The van der Waals surface area contributed by atoms with E-state index < -0.39 is 21.6 Å². The molecule has 2 aliphatic rings. The number of aromatic hydroxyl groups is 1. The Morgan fingerprint density at radius 1 is 1.24 bits per heavy atom. The molecule has 0 saturated carbocycles. The smallest absolute Gasteiger partial charge is 0.327 e. The Morgan fingerprint density at radius 2 is 2.05 bits per heavy atom. The molecule has 0 bridgehead atoms. The first-order chi connectivity index (χ1) is 17.6. The molecule has 37 heavy (non-hydrogen) atoms. The maximum atomic E-state index is 14.2. The van der Waals surface area contributed by atoms with Crippen molar-refractivity contribution in [3.63, 3.8) is 0 Å². The van der Waals surface area contributed by atoms with Crippen LogP contribution in [0, 0.1) is 5.82 Å². The Bertz CT molecular complexity index is 1370. The van der Waals surface area contributed by atoms with E-state index in [0.717, 1.165) is 5.56 Å². The molecule has 0 radical (unpaired) electrons. The van der Waals surface area contributed by atoms with Gasteiger partial charge in [-0.05, 0) is 69.5 Å². The number of hydrogen-bond acceptors (Lipinski definition) is 7. The molecule has 1 aromatic heterocycles. The molecule has 0 amide bonds. The molecule has 5 rings (SSSR count). The molecular formula is C26H31FN4O5S. The lowest BCUT2D eigenvalue weighted by Gasteiger charge is -2.46. The van der Waals surface area contributed by atoms with Crippen molar-refractivity contribution in [3.05, 3.63) is 66.3 Å². The molecule has 3 heterocycles. The fourth-order valence-electron chi connectivity index (χ4n) is 5.47. The number of benzene rings is 2. The van der Waals surface area contributed by atoms with Crippen LogP contribution in [0.5, 0.6) is 11.5 Å². The molecule has 3 aromatic rings. The SMILES string of the molecule is CC(C)Oc1cc(CN2CC[C@@]3(C[C@@H]2C)CN(c2cnoc2)S(=O)(=O)N3c2cccc(F)c2)ccc1O. The third-order valence-corrected chi connectivity index (χ3v) is 9.02. The summed E-state index contributed by atoms with van der Waals surface area (Å²) in [5.74, 6) is 0.0412. The zero-order valence-corrected chi connectivity index (χ0v) is 21.9. The van der Waals surface area contributed by atoms with Gasteiger partial charge in [0.1, 0.15) is 17.8 Å². The molecule has 9 nitrogen and oxygen atoms in total. The van der Waals surface area contributed by atoms with Gasteiger partial charge in [0.25, 0.3) is 0 Å². The summed E-state index contributed by atoms with van der Waals surface area (Å²) < 4.78 is 55.2. The highest BCUT2D eigenvalue weighted by molar-refractivity contribution is 7.94. The minimum absolute atomic E-state index is 0.0192. The number of halogens is 1. The molecule has 2 saturated heterocycles. The molecule has 11 heteroatoms. The maximum Gasteiger partial charge on any atom is 0.327 e. The summed E-state index contributed by atoms with van der Waals surface area (Å²) in [5, 5.41) is 13.8. The summed E-state index contributed by atoms with van der Waals surface area (Å²) in [7, 11) is -4.01. The first kappa shape index (κ1) is 25.3. The number of phenolic OH excluding ortho intramolecular Hbond substituents is 1. The van der Waals surface area contributed by atoms with E-state index in [2.05, 4.69) is 17.0 Å². The van der Waals surface area contributed by atoms with Crippen LogP contribution in [0.2, 0.25) is 0 Å². The van der Waals surface area contributed by atoms with E-state index in [4.69, 9.17) is 9.26 Å². The second-order valence-corrected chi connectivity index (χ2v) is 11.8. The van der Waals surface area contributed by atoms with E-state index >= 15 is 0 Å². The van der Waals surface area contributed by atoms with Crippen LogP contribution >= 0.6 is 0 Å². The Morgan fingerprint density at radius 3 is 2.73 bits per heavy atom. The molecule has 2 atom stereocenters. The lowest BCUT2D eigenvalue weighted by atomic mass is 9.82. The first-order valence-electron chi connectivity index (χ1n) is 12.3. The van der Waals surface area contributed by atoms with Crippen molar-refractivity contribution in [2.45, 2.75) is 57.8 Å². The fourth-order valence-corrected chi connectivity index (χ4v) is 7.52. The lowest BCUT2D eigenvalue weighted by molar-refractivity contribution is 0.107. The maximum absolute atomic E-state index is 14.2. The van der Waals surface area contributed by atoms with Crippen LogP contribution in [0.25, 0.3) is 0 Å². The number of likely N-dealkylation sites (tertiary alicyclic amines) is 1. The van der Waals surface area contributed by atoms with Crippen LogP contribution in [0.4, 0.5) is 15.8 Å². The van der Waals surface area contributed by atoms with Crippen molar-refractivity contribution >= 4 is 21.6 Å². The summed E-state index contributed by atoms with van der Waals surface area (Å²) >= 11 is 0. The van der Waals surface area contributed by atoms with Gasteiger partial charge in [-0.1, -0.05) is 17.3 Å². The van der Waals surface area contributed by atoms with Gasteiger partial charge in [-0.3, -0.25) is 4.90 Å². The number of rotatable bonds is 6. The minimum Gasteiger partial charge on any atom is -0.504 e. The van der Waals surface area contributed by atoms with Gasteiger partial charge in [0.15, 0.2) is 11.5 Å². The number of phenols is 1. The number of ether oxygens (including phenoxy) is 1. The Hall–Kier alpha value is -3.31. The summed E-state index contributed by atoms with van der Waals surface area (Å²) in [5.41, 5.74) is 0.855. The van der Waals surface area contributed by atoms with Gasteiger partial charge in [0.05, 0.1) is 30.1 Å². The van der Waals surface area contributed by atoms with Gasteiger partial charge in [0.2, 0.25) is 0 Å². The highest BCUT2D eigenvalue weighted by Gasteiger charge is 2.57. The van der Waals surface area contributed by atoms with Crippen LogP contribution in [-0.4, -0.2) is 54.4 Å². The fraction of sp³-hybridized carbons (Fsp3) is 0.423. The number of aromatic nitrogens is 1. The third kappa shape index (κ3) is 4.73. The zero-order valence-electron chi connectivity index (χ0n) is 21.0. The predicted octanol–water partition coefficient (Wildman–Crippen LogP) is 4.30. The van der Waals surface area contributed by atoms with Crippen molar-refractivity contribution in [1.82, 2.24) is 10.1 Å². The standard InChI is InChI=1S/C26H31FN4O5S/c1-18(2)36-25-11-20(7-8-24(25)32)15-29-10-9-26(13-19(29)3)17-30(23-14-28-35-16-23)37(33,34)31(26)22-6-4-5-21(27)12-22/h4-8,11-12,14,16,18-19,32H,9-10,13,15,17H2,1-3H3/t19-,26+/m0/s1. The monoisotopic (exact) mass is 530 g/mol. The van der Waals surface area contributed by atoms with Crippen LogP contribution in [0.15, 0.2) is 59.4 Å². The molecular weight excluding hydrogens is 499 g/mol. The summed E-state index contributed by atoms with van der Waals surface area (Å²) in [6.45, 7) is 7.33. The molecule has 2 fully saturated rings. The number of nitrogens with zero attached hydrogens (tertiary/aromatic N) is 4. The van der Waals surface area contributed by atoms with Gasteiger partial charge < -0.3 is 14.4 Å². The average molecular weight is 531 g/mol. The van der Waals surface area contributed by atoms with Gasteiger partial charge in [-0.25, -0.2) is 13.0 Å². The van der Waals surface area contributed by atoms with E-state index in [9.17, 15) is 17.9 Å². The highest BCUT2D eigenvalue weighted by Crippen LogP contribution is 2.46. The van der Waals surface area contributed by atoms with E-state index in [0.29, 0.717) is 43.1 Å². The topological polar surface area (TPSA) is 99.3 Å². The molecule has 2 aromatic carbocycles. The van der Waals surface area contributed by atoms with E-state index in [-0.39, 0.29) is 24.4 Å². The Kier molecular flexibility index (Phi) is 6.53. The first-order valence-corrected chi connectivity index (χ1v) is 13.7. The molecule has 1 spiro atoms. The molecule has 0 unspecified atom stereocenters. The van der Waals surface area contributed by atoms with Crippen molar-refractivity contribution in [2.75, 3.05) is 21.7 Å². The molecule has 198 valence electrons. The largest absolute Gasteiger partial charge is 0.504 e. The normalized spacial score (nSPS) is 23.8. The molecule has 1 N–H and O–H groups in total. The van der Waals surface area contributed by atoms with Crippen molar-refractivity contribution < 1.29 is 27.2 Å². The van der Waals surface area contributed by atoms with Crippen molar-refractivity contribution in [3.8, 4) is 11.5 Å². The van der Waals surface area contributed by atoms with Crippen LogP contribution in [0.1, 0.15) is 39.2 Å². The third-order valence-electron chi connectivity index (χ3n) is 7.06. The van der Waals surface area contributed by atoms with Crippen molar-refractivity contribution in [1.29, 1.82) is 0 Å². The van der Waals surface area contributed by atoms with Gasteiger partial charge in [-0.15, -0.1) is 0 Å². The predicted molar refractivity (Wildman–Crippen MR) is 137 cm³/mol. The molecule has 0 aliphatic carbocycles. The van der Waals surface area contributed by atoms with Gasteiger partial charge in [-0.2, -0.15) is 8.42 Å². The Labute approximate surface area is 216 Å². The number of piperidine rings is 1. The number of hydrogen-bond donors (Lipinski definition) is 1. The average Bonchev–Trinajstić information content (AvgIpc) is 3.42. The number of anilines is 2. The summed E-state index contributed by atoms with van der Waals surface area (Å²) in [4.78, 5) is 2.29. The van der Waals surface area contributed by atoms with E-state index in [1.54, 1.807) is 12.1 Å².